The minimum absolute atomic E-state index is 0.153. The van der Waals surface area contributed by atoms with Gasteiger partial charge in [-0.2, -0.15) is 8.78 Å². The Labute approximate surface area is 110 Å². The van der Waals surface area contributed by atoms with E-state index in [-0.39, 0.29) is 11.2 Å². The maximum Gasteiger partial charge on any atom is 0.387 e. The molecule has 2 nitrogen and oxygen atoms in total. The molecule has 2 N–H and O–H groups in total. The van der Waals surface area contributed by atoms with Crippen LogP contribution in [0.1, 0.15) is 37.7 Å². The van der Waals surface area contributed by atoms with Crippen LogP contribution in [0.15, 0.2) is 18.2 Å². The highest BCUT2D eigenvalue weighted by Crippen LogP contribution is 2.40. The van der Waals surface area contributed by atoms with Gasteiger partial charge in [0, 0.05) is 18.0 Å². The molecule has 0 amide bonds. The van der Waals surface area contributed by atoms with Crippen LogP contribution in [0.2, 0.25) is 0 Å². The number of ether oxygens (including phenoxy) is 1. The van der Waals surface area contributed by atoms with Crippen molar-refractivity contribution in [1.29, 1.82) is 0 Å². The van der Waals surface area contributed by atoms with Crippen LogP contribution in [0.5, 0.6) is 5.75 Å². The highest BCUT2D eigenvalue weighted by atomic mass is 19.3. The highest BCUT2D eigenvalue weighted by molar-refractivity contribution is 5.35. The van der Waals surface area contributed by atoms with Crippen molar-refractivity contribution in [3.05, 3.63) is 29.6 Å². The molecule has 2 rings (SSSR count). The van der Waals surface area contributed by atoms with Crippen molar-refractivity contribution in [2.45, 2.75) is 44.1 Å². The summed E-state index contributed by atoms with van der Waals surface area (Å²) in [4.78, 5) is 0. The Morgan fingerprint density at radius 2 is 1.89 bits per heavy atom. The Morgan fingerprint density at radius 1 is 1.21 bits per heavy atom. The highest BCUT2D eigenvalue weighted by Gasteiger charge is 2.34. The molecule has 1 aliphatic rings. The summed E-state index contributed by atoms with van der Waals surface area (Å²) < 4.78 is 42.5. The molecule has 1 aliphatic carbocycles. The predicted octanol–water partition coefficient (Wildman–Crippen LogP) is 3.59. The SMILES string of the molecule is NCC1(c2ccc(OC(F)F)cc2F)CCCCC1. The molecule has 1 aromatic carbocycles. The molecule has 0 bridgehead atoms. The lowest BCUT2D eigenvalue weighted by Crippen LogP contribution is -2.37. The van der Waals surface area contributed by atoms with Crippen LogP contribution < -0.4 is 10.5 Å². The molecule has 0 atom stereocenters. The molecule has 1 aromatic rings. The molecule has 0 unspecified atom stereocenters. The lowest BCUT2D eigenvalue weighted by atomic mass is 9.69. The van der Waals surface area contributed by atoms with Crippen molar-refractivity contribution in [1.82, 2.24) is 0 Å². The minimum Gasteiger partial charge on any atom is -0.435 e. The topological polar surface area (TPSA) is 35.2 Å². The zero-order valence-electron chi connectivity index (χ0n) is 10.7. The van der Waals surface area contributed by atoms with E-state index in [1.54, 1.807) is 0 Å². The first-order chi connectivity index (χ1) is 9.07. The van der Waals surface area contributed by atoms with Gasteiger partial charge in [0.15, 0.2) is 0 Å². The van der Waals surface area contributed by atoms with Gasteiger partial charge in [0.05, 0.1) is 0 Å². The van der Waals surface area contributed by atoms with Crippen LogP contribution in [0.4, 0.5) is 13.2 Å². The van der Waals surface area contributed by atoms with Crippen LogP contribution in [0, 0.1) is 5.82 Å². The van der Waals surface area contributed by atoms with E-state index < -0.39 is 12.4 Å². The van der Waals surface area contributed by atoms with E-state index >= 15 is 0 Å². The largest absolute Gasteiger partial charge is 0.435 e. The second-order valence-electron chi connectivity index (χ2n) is 5.07. The zero-order valence-corrected chi connectivity index (χ0v) is 10.7. The van der Waals surface area contributed by atoms with Gasteiger partial charge in [-0.1, -0.05) is 25.3 Å². The van der Waals surface area contributed by atoms with E-state index in [9.17, 15) is 13.2 Å². The molecule has 0 aliphatic heterocycles. The summed E-state index contributed by atoms with van der Waals surface area (Å²) in [7, 11) is 0. The molecule has 1 fully saturated rings. The van der Waals surface area contributed by atoms with E-state index in [2.05, 4.69) is 4.74 Å². The molecule has 106 valence electrons. The minimum atomic E-state index is -2.94. The Morgan fingerprint density at radius 3 is 2.42 bits per heavy atom. The molecule has 0 spiro atoms. The van der Waals surface area contributed by atoms with Gasteiger partial charge in [-0.15, -0.1) is 0 Å². The maximum atomic E-state index is 14.1. The van der Waals surface area contributed by atoms with Crippen molar-refractivity contribution < 1.29 is 17.9 Å². The molecule has 0 saturated heterocycles. The van der Waals surface area contributed by atoms with Gasteiger partial charge in [0.2, 0.25) is 0 Å². The van der Waals surface area contributed by atoms with Gasteiger partial charge in [-0.25, -0.2) is 4.39 Å². The fourth-order valence-electron chi connectivity index (χ4n) is 2.91. The van der Waals surface area contributed by atoms with E-state index in [1.165, 1.54) is 12.1 Å². The van der Waals surface area contributed by atoms with Gasteiger partial charge in [0.25, 0.3) is 0 Å². The van der Waals surface area contributed by atoms with Crippen molar-refractivity contribution in [2.75, 3.05) is 6.54 Å². The molecule has 0 heterocycles. The molecular formula is C14H18F3NO. The van der Waals surface area contributed by atoms with Gasteiger partial charge in [-0.05, 0) is 24.5 Å². The van der Waals surface area contributed by atoms with Crippen LogP contribution in [0.3, 0.4) is 0 Å². The lowest BCUT2D eigenvalue weighted by Gasteiger charge is -2.37. The van der Waals surface area contributed by atoms with E-state index in [1.807, 2.05) is 0 Å². The smallest absolute Gasteiger partial charge is 0.387 e. The molecule has 0 radical (unpaired) electrons. The van der Waals surface area contributed by atoms with Crippen LogP contribution in [-0.4, -0.2) is 13.2 Å². The van der Waals surface area contributed by atoms with Crippen LogP contribution in [-0.2, 0) is 5.41 Å². The van der Waals surface area contributed by atoms with Gasteiger partial charge in [0.1, 0.15) is 11.6 Å². The summed E-state index contributed by atoms with van der Waals surface area (Å²) in [5.74, 6) is -0.662. The van der Waals surface area contributed by atoms with Crippen LogP contribution in [0.25, 0.3) is 0 Å². The fourth-order valence-corrected chi connectivity index (χ4v) is 2.91. The van der Waals surface area contributed by atoms with Gasteiger partial charge in [-0.3, -0.25) is 0 Å². The van der Waals surface area contributed by atoms with Crippen molar-refractivity contribution in [3.8, 4) is 5.75 Å². The number of hydrogen-bond donors (Lipinski definition) is 1. The Kier molecular flexibility index (Phi) is 4.34. The number of halogens is 3. The second kappa shape index (κ2) is 5.82. The van der Waals surface area contributed by atoms with Crippen molar-refractivity contribution >= 4 is 0 Å². The number of benzene rings is 1. The number of rotatable bonds is 4. The first-order valence-corrected chi connectivity index (χ1v) is 6.52. The molecular weight excluding hydrogens is 255 g/mol. The fraction of sp³-hybridized carbons (Fsp3) is 0.571. The maximum absolute atomic E-state index is 14.1. The summed E-state index contributed by atoms with van der Waals surface area (Å²) in [6.45, 7) is -2.57. The standard InChI is InChI=1S/C14H18F3NO/c15-12-8-10(19-13(16)17)4-5-11(12)14(9-18)6-2-1-3-7-14/h4-5,8,13H,1-3,6-7,9,18H2. The Bertz CT molecular complexity index is 431. The number of alkyl halides is 2. The van der Waals surface area contributed by atoms with Crippen molar-refractivity contribution in [3.63, 3.8) is 0 Å². The van der Waals surface area contributed by atoms with Crippen molar-refractivity contribution in [2.24, 2.45) is 5.73 Å². The van der Waals surface area contributed by atoms with Gasteiger partial charge >= 0.3 is 6.61 Å². The monoisotopic (exact) mass is 273 g/mol. The van der Waals surface area contributed by atoms with E-state index in [4.69, 9.17) is 5.73 Å². The summed E-state index contributed by atoms with van der Waals surface area (Å²) >= 11 is 0. The average molecular weight is 273 g/mol. The first-order valence-electron chi connectivity index (χ1n) is 6.52. The molecule has 0 aromatic heterocycles. The average Bonchev–Trinajstić information content (AvgIpc) is 2.39. The Balaban J connectivity index is 2.28. The first kappa shape index (κ1) is 14.2. The number of nitrogens with two attached hydrogens (primary N) is 1. The van der Waals surface area contributed by atoms with E-state index in [0.717, 1.165) is 38.2 Å². The molecule has 1 saturated carbocycles. The predicted molar refractivity (Wildman–Crippen MR) is 66.8 cm³/mol. The summed E-state index contributed by atoms with van der Waals surface area (Å²) in [5.41, 5.74) is 6.01. The summed E-state index contributed by atoms with van der Waals surface area (Å²) in [5, 5.41) is 0. The lowest BCUT2D eigenvalue weighted by molar-refractivity contribution is -0.0500. The zero-order chi connectivity index (χ0) is 13.9. The normalized spacial score (nSPS) is 18.6. The summed E-state index contributed by atoms with van der Waals surface area (Å²) in [6, 6.07) is 3.94. The quantitative estimate of drug-likeness (QED) is 0.910. The third-order valence-electron chi connectivity index (χ3n) is 3.94. The van der Waals surface area contributed by atoms with E-state index in [0.29, 0.717) is 12.1 Å². The number of hydrogen-bond acceptors (Lipinski definition) is 2. The van der Waals surface area contributed by atoms with Gasteiger partial charge < -0.3 is 10.5 Å². The molecule has 19 heavy (non-hydrogen) atoms. The molecule has 5 heteroatoms. The summed E-state index contributed by atoms with van der Waals surface area (Å²) in [6.07, 6.45) is 4.86. The third kappa shape index (κ3) is 3.03. The third-order valence-corrected chi connectivity index (χ3v) is 3.94. The second-order valence-corrected chi connectivity index (χ2v) is 5.07. The van der Waals surface area contributed by atoms with Crippen LogP contribution >= 0.6 is 0 Å². The Hall–Kier alpha value is -1.23.